The van der Waals surface area contributed by atoms with E-state index in [1.807, 2.05) is 6.92 Å². The first-order chi connectivity index (χ1) is 8.43. The average Bonchev–Trinajstić information content (AvgIpc) is 2.75. The van der Waals surface area contributed by atoms with Crippen molar-refractivity contribution < 1.29 is 22.2 Å². The first-order valence-electron chi connectivity index (χ1n) is 5.76. The molecular weight excluding hydrogens is 258 g/mol. The van der Waals surface area contributed by atoms with Crippen LogP contribution in [0, 0.1) is 0 Å². The van der Waals surface area contributed by atoms with Gasteiger partial charge in [0.2, 0.25) is 11.0 Å². The van der Waals surface area contributed by atoms with Crippen LogP contribution in [0.1, 0.15) is 31.9 Å². The Bertz CT molecular complexity index is 491. The second-order valence-corrected chi connectivity index (χ2v) is 5.25. The Balaban J connectivity index is 2.40. The largest absolute Gasteiger partial charge is 0.447 e. The number of carbonyl (C=O) groups is 1. The maximum Gasteiger partial charge on any atom is 0.328 e. The molecule has 1 heterocycles. The van der Waals surface area contributed by atoms with Gasteiger partial charge in [-0.1, -0.05) is 13.3 Å². The van der Waals surface area contributed by atoms with Crippen molar-refractivity contribution in [3.05, 3.63) is 17.9 Å². The molecule has 0 atom stereocenters. The molecule has 0 bridgehead atoms. The quantitative estimate of drug-likeness (QED) is 0.578. The van der Waals surface area contributed by atoms with E-state index in [4.69, 9.17) is 8.97 Å². The Morgan fingerprint density at radius 1 is 1.44 bits per heavy atom. The Morgan fingerprint density at radius 2 is 2.17 bits per heavy atom. The summed E-state index contributed by atoms with van der Waals surface area (Å²) < 4.78 is 35.1. The number of rotatable bonds is 7. The van der Waals surface area contributed by atoms with Crippen LogP contribution in [0.5, 0.6) is 0 Å². The number of hydrogen-bond acceptors (Lipinski definition) is 4. The first-order valence-corrected chi connectivity index (χ1v) is 7.20. The number of furan rings is 1. The molecule has 1 rings (SSSR count). The van der Waals surface area contributed by atoms with Crippen molar-refractivity contribution in [2.24, 2.45) is 0 Å². The molecule has 6 nitrogen and oxygen atoms in total. The summed E-state index contributed by atoms with van der Waals surface area (Å²) in [7, 11) is -4.31. The van der Waals surface area contributed by atoms with Crippen LogP contribution in [0.4, 0.5) is 0 Å². The molecule has 0 fully saturated rings. The molecule has 0 aromatic carbocycles. The van der Waals surface area contributed by atoms with Crippen LogP contribution < -0.4 is 5.32 Å². The van der Waals surface area contributed by atoms with Gasteiger partial charge in [0.25, 0.3) is 0 Å². The summed E-state index contributed by atoms with van der Waals surface area (Å²) in [5.74, 6) is 0.251. The number of amides is 1. The molecule has 0 saturated heterocycles. The summed E-state index contributed by atoms with van der Waals surface area (Å²) >= 11 is 0. The molecule has 0 unspecified atom stereocenters. The number of unbranched alkanes of at least 4 members (excludes halogenated alkanes) is 1. The van der Waals surface area contributed by atoms with Crippen LogP contribution in [-0.2, 0) is 21.3 Å². The van der Waals surface area contributed by atoms with Crippen LogP contribution in [0.2, 0.25) is 0 Å². The third-order valence-corrected chi connectivity index (χ3v) is 3.07. The maximum absolute atomic E-state index is 11.4. The molecule has 18 heavy (non-hydrogen) atoms. The third-order valence-electron chi connectivity index (χ3n) is 2.34. The Labute approximate surface area is 106 Å². The lowest BCUT2D eigenvalue weighted by Crippen LogP contribution is -2.24. The Kier molecular flexibility index (Phi) is 5.36. The second-order valence-electron chi connectivity index (χ2n) is 3.90. The van der Waals surface area contributed by atoms with Gasteiger partial charge in [-0.25, -0.2) is 0 Å². The lowest BCUT2D eigenvalue weighted by atomic mass is 10.2. The molecule has 2 N–H and O–H groups in total. The van der Waals surface area contributed by atoms with Crippen molar-refractivity contribution in [2.45, 2.75) is 37.7 Å². The molecule has 0 radical (unpaired) electrons. The minimum atomic E-state index is -4.31. The summed E-state index contributed by atoms with van der Waals surface area (Å²) in [6, 6.07) is 2.60. The van der Waals surface area contributed by atoms with Gasteiger partial charge in [-0.05, 0) is 18.6 Å². The monoisotopic (exact) mass is 275 g/mol. The van der Waals surface area contributed by atoms with E-state index in [1.165, 1.54) is 12.1 Å². The third kappa shape index (κ3) is 4.89. The highest BCUT2D eigenvalue weighted by molar-refractivity contribution is 7.85. The van der Waals surface area contributed by atoms with E-state index in [0.717, 1.165) is 12.8 Å². The van der Waals surface area contributed by atoms with E-state index >= 15 is 0 Å². The van der Waals surface area contributed by atoms with Gasteiger partial charge in [-0.15, -0.1) is 0 Å². The predicted molar refractivity (Wildman–Crippen MR) is 64.8 cm³/mol. The zero-order valence-corrected chi connectivity index (χ0v) is 11.0. The van der Waals surface area contributed by atoms with Gasteiger partial charge in [0.15, 0.2) is 0 Å². The average molecular weight is 275 g/mol. The van der Waals surface area contributed by atoms with Gasteiger partial charge in [0.05, 0.1) is 0 Å². The molecule has 1 amide bonds. The van der Waals surface area contributed by atoms with Crippen LogP contribution in [0.3, 0.4) is 0 Å². The van der Waals surface area contributed by atoms with Crippen molar-refractivity contribution in [1.29, 1.82) is 0 Å². The summed E-state index contributed by atoms with van der Waals surface area (Å²) in [5, 5.41) is 2.25. The fourth-order valence-corrected chi connectivity index (χ4v) is 1.81. The molecule has 0 spiro atoms. The highest BCUT2D eigenvalue weighted by atomic mass is 32.2. The Morgan fingerprint density at radius 3 is 2.72 bits per heavy atom. The highest BCUT2D eigenvalue weighted by Gasteiger charge is 2.15. The van der Waals surface area contributed by atoms with Gasteiger partial charge in [0.1, 0.15) is 5.76 Å². The number of hydrogen-bond donors (Lipinski definition) is 2. The fourth-order valence-electron chi connectivity index (χ4n) is 1.36. The van der Waals surface area contributed by atoms with E-state index in [2.05, 4.69) is 5.32 Å². The number of carbonyl (C=O) groups excluding carboxylic acids is 1. The van der Waals surface area contributed by atoms with E-state index < -0.39 is 15.2 Å². The van der Waals surface area contributed by atoms with Gasteiger partial charge < -0.3 is 9.73 Å². The minimum absolute atomic E-state index is 0.103. The molecule has 0 aliphatic rings. The molecule has 0 aliphatic carbocycles. The molecule has 1 aromatic heterocycles. The standard InChI is InChI=1S/C11H17NO5S/c1-2-3-8-12-10(13)6-4-9-5-7-11(17-9)18(14,15)16/h5,7H,2-4,6,8H2,1H3,(H,12,13)(H,14,15,16). The van der Waals surface area contributed by atoms with E-state index in [-0.39, 0.29) is 12.3 Å². The summed E-state index contributed by atoms with van der Waals surface area (Å²) in [5.41, 5.74) is 0. The van der Waals surface area contributed by atoms with Gasteiger partial charge in [0, 0.05) is 19.4 Å². The predicted octanol–water partition coefficient (Wildman–Crippen LogP) is 1.38. The molecular formula is C11H17NO5S. The number of nitrogens with one attached hydrogen (secondary N) is 1. The van der Waals surface area contributed by atoms with Crippen molar-refractivity contribution in [3.63, 3.8) is 0 Å². The van der Waals surface area contributed by atoms with Crippen molar-refractivity contribution >= 4 is 16.0 Å². The maximum atomic E-state index is 11.4. The number of aryl methyl sites for hydroxylation is 1. The molecule has 0 saturated carbocycles. The smallest absolute Gasteiger partial charge is 0.328 e. The van der Waals surface area contributed by atoms with Gasteiger partial charge in [-0.3, -0.25) is 9.35 Å². The van der Waals surface area contributed by atoms with Crippen LogP contribution >= 0.6 is 0 Å². The lowest BCUT2D eigenvalue weighted by Gasteiger charge is -2.02. The molecule has 0 aliphatic heterocycles. The van der Waals surface area contributed by atoms with Crippen molar-refractivity contribution in [1.82, 2.24) is 5.32 Å². The van der Waals surface area contributed by atoms with E-state index in [9.17, 15) is 13.2 Å². The zero-order chi connectivity index (χ0) is 13.6. The zero-order valence-electron chi connectivity index (χ0n) is 10.2. The van der Waals surface area contributed by atoms with Gasteiger partial charge >= 0.3 is 10.1 Å². The highest BCUT2D eigenvalue weighted by Crippen LogP contribution is 2.14. The SMILES string of the molecule is CCCCNC(=O)CCc1ccc(S(=O)(=O)O)o1. The van der Waals surface area contributed by atoms with Crippen LogP contribution in [0.25, 0.3) is 0 Å². The van der Waals surface area contributed by atoms with Crippen LogP contribution in [0.15, 0.2) is 21.6 Å². The van der Waals surface area contributed by atoms with Gasteiger partial charge in [-0.2, -0.15) is 8.42 Å². The first kappa shape index (κ1) is 14.7. The molecule has 7 heteroatoms. The molecule has 1 aromatic rings. The van der Waals surface area contributed by atoms with Crippen LogP contribution in [-0.4, -0.2) is 25.4 Å². The summed E-state index contributed by atoms with van der Waals surface area (Å²) in [6.45, 7) is 2.68. The minimum Gasteiger partial charge on any atom is -0.447 e. The molecule has 102 valence electrons. The fraction of sp³-hybridized carbons (Fsp3) is 0.545. The van der Waals surface area contributed by atoms with Crippen molar-refractivity contribution in [2.75, 3.05) is 6.54 Å². The lowest BCUT2D eigenvalue weighted by molar-refractivity contribution is -0.121. The van der Waals surface area contributed by atoms with E-state index in [1.54, 1.807) is 0 Å². The summed E-state index contributed by atoms with van der Waals surface area (Å²) in [6.07, 6.45) is 2.46. The Hall–Kier alpha value is -1.34. The summed E-state index contributed by atoms with van der Waals surface area (Å²) in [4.78, 5) is 11.4. The second kappa shape index (κ2) is 6.55. The van der Waals surface area contributed by atoms with E-state index in [0.29, 0.717) is 18.7 Å². The van der Waals surface area contributed by atoms with Crippen molar-refractivity contribution in [3.8, 4) is 0 Å². The normalized spacial score (nSPS) is 11.4. The topological polar surface area (TPSA) is 96.6 Å².